The van der Waals surface area contributed by atoms with Crippen LogP contribution in [0.2, 0.25) is 0 Å². The van der Waals surface area contributed by atoms with Crippen LogP contribution < -0.4 is 5.48 Å². The molecule has 3 heteroatoms. The second-order valence-electron chi connectivity index (χ2n) is 4.01. The molecule has 0 amide bonds. The van der Waals surface area contributed by atoms with Crippen molar-refractivity contribution < 1.29 is 4.84 Å². The summed E-state index contributed by atoms with van der Waals surface area (Å²) in [5, 5.41) is 0. The normalized spacial score (nSPS) is 19.3. The molecule has 0 saturated heterocycles. The van der Waals surface area contributed by atoms with Crippen molar-refractivity contribution in [1.82, 2.24) is 5.48 Å². The van der Waals surface area contributed by atoms with Crippen molar-refractivity contribution in [2.45, 2.75) is 38.8 Å². The third-order valence-corrected chi connectivity index (χ3v) is 2.67. The first kappa shape index (κ1) is 11.1. The largest absolute Gasteiger partial charge is 0.248 e. The van der Waals surface area contributed by atoms with Gasteiger partial charge in [-0.15, -0.1) is 0 Å². The van der Waals surface area contributed by atoms with Crippen molar-refractivity contribution >= 4 is 5.84 Å². The summed E-state index contributed by atoms with van der Waals surface area (Å²) in [6.45, 7) is 2.20. The Hall–Kier alpha value is -1.35. The van der Waals surface area contributed by atoms with Gasteiger partial charge in [0.2, 0.25) is 0 Å². The van der Waals surface area contributed by atoms with Gasteiger partial charge in [-0.2, -0.15) is 0 Å². The van der Waals surface area contributed by atoms with Crippen molar-refractivity contribution in [2.24, 2.45) is 4.99 Å². The van der Waals surface area contributed by atoms with Gasteiger partial charge in [-0.05, 0) is 12.8 Å². The summed E-state index contributed by atoms with van der Waals surface area (Å²) in [6.07, 6.45) is 4.64. The van der Waals surface area contributed by atoms with Crippen LogP contribution in [0.25, 0.3) is 0 Å². The van der Waals surface area contributed by atoms with E-state index < -0.39 is 0 Å². The smallest absolute Gasteiger partial charge is 0.177 e. The van der Waals surface area contributed by atoms with Gasteiger partial charge < -0.3 is 0 Å². The molecule has 0 radical (unpaired) electrons. The molecule has 1 aromatic carbocycles. The standard InChI is InChI=1S/C13H18N2O/c1-2-3-5-10-12-14-13(15-16-12)11-8-6-4-7-9-11/h4,6-9,12H,2-3,5,10H2,1H3,(H,14,15). The number of hydrogen-bond acceptors (Lipinski definition) is 3. The van der Waals surface area contributed by atoms with E-state index in [0.29, 0.717) is 0 Å². The molecule has 16 heavy (non-hydrogen) atoms. The third kappa shape index (κ3) is 2.83. The van der Waals surface area contributed by atoms with E-state index in [1.165, 1.54) is 19.3 Å². The minimum absolute atomic E-state index is 0.0123. The highest BCUT2D eigenvalue weighted by atomic mass is 16.7. The molecule has 1 aromatic rings. The molecule has 0 spiro atoms. The molecule has 1 unspecified atom stereocenters. The van der Waals surface area contributed by atoms with Gasteiger partial charge >= 0.3 is 0 Å². The lowest BCUT2D eigenvalue weighted by Gasteiger charge is -2.03. The second kappa shape index (κ2) is 5.66. The average Bonchev–Trinajstić information content (AvgIpc) is 2.79. The zero-order valence-electron chi connectivity index (χ0n) is 9.65. The number of nitrogens with zero attached hydrogens (tertiary/aromatic N) is 1. The van der Waals surface area contributed by atoms with E-state index in [2.05, 4.69) is 17.4 Å². The van der Waals surface area contributed by atoms with E-state index in [1.807, 2.05) is 30.3 Å². The van der Waals surface area contributed by atoms with Crippen LogP contribution in [-0.4, -0.2) is 12.1 Å². The molecule has 1 heterocycles. The minimum Gasteiger partial charge on any atom is -0.248 e. The van der Waals surface area contributed by atoms with E-state index >= 15 is 0 Å². The van der Waals surface area contributed by atoms with Crippen LogP contribution in [0.5, 0.6) is 0 Å². The number of amidine groups is 1. The zero-order valence-corrected chi connectivity index (χ0v) is 9.65. The SMILES string of the molecule is CCCCCC1N=C(c2ccccc2)NO1. The van der Waals surface area contributed by atoms with Crippen molar-refractivity contribution in [1.29, 1.82) is 0 Å². The zero-order chi connectivity index (χ0) is 11.2. The fraction of sp³-hybridized carbons (Fsp3) is 0.462. The number of rotatable bonds is 5. The Labute approximate surface area is 96.5 Å². The molecule has 0 saturated carbocycles. The number of hydroxylamine groups is 1. The molecule has 0 bridgehead atoms. The van der Waals surface area contributed by atoms with Gasteiger partial charge in [-0.3, -0.25) is 0 Å². The Morgan fingerprint density at radius 1 is 1.25 bits per heavy atom. The number of unbranched alkanes of at least 4 members (excludes halogenated alkanes) is 2. The molecular weight excluding hydrogens is 200 g/mol. The Kier molecular flexibility index (Phi) is 3.94. The van der Waals surface area contributed by atoms with E-state index in [9.17, 15) is 0 Å². The van der Waals surface area contributed by atoms with Crippen molar-refractivity contribution in [2.75, 3.05) is 0 Å². The summed E-state index contributed by atoms with van der Waals surface area (Å²) in [6, 6.07) is 10.1. The highest BCUT2D eigenvalue weighted by molar-refractivity contribution is 5.98. The number of benzene rings is 1. The van der Waals surface area contributed by atoms with Gasteiger partial charge in [0.15, 0.2) is 12.1 Å². The lowest BCUT2D eigenvalue weighted by Crippen LogP contribution is -2.19. The summed E-state index contributed by atoms with van der Waals surface area (Å²) in [7, 11) is 0. The van der Waals surface area contributed by atoms with E-state index in [-0.39, 0.29) is 6.23 Å². The molecule has 1 N–H and O–H groups in total. The molecule has 3 nitrogen and oxygen atoms in total. The van der Waals surface area contributed by atoms with Crippen LogP contribution in [0, 0.1) is 0 Å². The third-order valence-electron chi connectivity index (χ3n) is 2.67. The molecule has 1 aliphatic heterocycles. The fourth-order valence-corrected chi connectivity index (χ4v) is 1.74. The Bertz CT molecular complexity index is 348. The van der Waals surface area contributed by atoms with Crippen LogP contribution in [-0.2, 0) is 4.84 Å². The molecule has 0 aliphatic carbocycles. The number of hydrogen-bond donors (Lipinski definition) is 1. The van der Waals surface area contributed by atoms with Gasteiger partial charge in [0, 0.05) is 5.56 Å². The summed E-state index contributed by atoms with van der Waals surface area (Å²) in [4.78, 5) is 9.93. The molecule has 1 atom stereocenters. The molecular formula is C13H18N2O. The first-order chi connectivity index (χ1) is 7.90. The van der Waals surface area contributed by atoms with Crippen LogP contribution in [0.15, 0.2) is 35.3 Å². The maximum absolute atomic E-state index is 5.41. The molecule has 86 valence electrons. The second-order valence-corrected chi connectivity index (χ2v) is 4.01. The first-order valence-electron chi connectivity index (χ1n) is 5.95. The Morgan fingerprint density at radius 3 is 2.81 bits per heavy atom. The Morgan fingerprint density at radius 2 is 2.06 bits per heavy atom. The lowest BCUT2D eigenvalue weighted by molar-refractivity contribution is 0.0319. The van der Waals surface area contributed by atoms with Gasteiger partial charge in [-0.25, -0.2) is 15.3 Å². The van der Waals surface area contributed by atoms with Crippen LogP contribution in [0.3, 0.4) is 0 Å². The van der Waals surface area contributed by atoms with Gasteiger partial charge in [-0.1, -0.05) is 50.1 Å². The van der Waals surface area contributed by atoms with E-state index in [0.717, 1.165) is 17.8 Å². The summed E-state index contributed by atoms with van der Waals surface area (Å²) in [5.41, 5.74) is 3.98. The summed E-state index contributed by atoms with van der Waals surface area (Å²) < 4.78 is 0. The van der Waals surface area contributed by atoms with Gasteiger partial charge in [0.05, 0.1) is 0 Å². The molecule has 0 fully saturated rings. The summed E-state index contributed by atoms with van der Waals surface area (Å²) in [5.74, 6) is 0.849. The lowest BCUT2D eigenvalue weighted by atomic mass is 10.2. The van der Waals surface area contributed by atoms with Crippen molar-refractivity contribution in [3.05, 3.63) is 35.9 Å². The van der Waals surface area contributed by atoms with Gasteiger partial charge in [0.1, 0.15) is 0 Å². The molecule has 0 aromatic heterocycles. The highest BCUT2D eigenvalue weighted by Crippen LogP contribution is 2.13. The highest BCUT2D eigenvalue weighted by Gasteiger charge is 2.17. The van der Waals surface area contributed by atoms with Crippen molar-refractivity contribution in [3.63, 3.8) is 0 Å². The maximum atomic E-state index is 5.41. The number of aliphatic imine (C=N–C) groups is 1. The predicted molar refractivity (Wildman–Crippen MR) is 65.1 cm³/mol. The topological polar surface area (TPSA) is 33.6 Å². The van der Waals surface area contributed by atoms with Crippen LogP contribution in [0.4, 0.5) is 0 Å². The maximum Gasteiger partial charge on any atom is 0.177 e. The predicted octanol–water partition coefficient (Wildman–Crippen LogP) is 2.87. The Balaban J connectivity index is 1.91. The van der Waals surface area contributed by atoms with Gasteiger partial charge in [0.25, 0.3) is 0 Å². The first-order valence-corrected chi connectivity index (χ1v) is 5.95. The van der Waals surface area contributed by atoms with Crippen LogP contribution >= 0.6 is 0 Å². The average molecular weight is 218 g/mol. The summed E-state index contributed by atoms with van der Waals surface area (Å²) >= 11 is 0. The van der Waals surface area contributed by atoms with Crippen LogP contribution in [0.1, 0.15) is 38.2 Å². The number of nitrogens with one attached hydrogen (secondary N) is 1. The molecule has 2 rings (SSSR count). The van der Waals surface area contributed by atoms with E-state index in [4.69, 9.17) is 4.84 Å². The molecule has 1 aliphatic rings. The fourth-order valence-electron chi connectivity index (χ4n) is 1.74. The minimum atomic E-state index is -0.0123. The van der Waals surface area contributed by atoms with Crippen molar-refractivity contribution in [3.8, 4) is 0 Å². The quantitative estimate of drug-likeness (QED) is 0.771. The monoisotopic (exact) mass is 218 g/mol. The van der Waals surface area contributed by atoms with E-state index in [1.54, 1.807) is 0 Å².